The number of phenols is 1. The highest BCUT2D eigenvalue weighted by Crippen LogP contribution is 2.56. The molecule has 10 nitrogen and oxygen atoms in total. The van der Waals surface area contributed by atoms with Gasteiger partial charge in [-0.2, -0.15) is 0 Å². The number of carbonyl (C=O) groups is 3. The lowest BCUT2D eigenvalue weighted by Gasteiger charge is -2.55. The van der Waals surface area contributed by atoms with Gasteiger partial charge in [-0.25, -0.2) is 0 Å². The lowest BCUT2D eigenvalue weighted by molar-refractivity contribution is -0.181. The summed E-state index contributed by atoms with van der Waals surface area (Å²) in [4.78, 5) is 41.8. The highest BCUT2D eigenvalue weighted by Gasteiger charge is 2.68. The molecule has 6 N–H and O–H groups in total. The molecular weight excluding hydrogens is 528 g/mol. The van der Waals surface area contributed by atoms with Crippen molar-refractivity contribution < 1.29 is 39.5 Å². The Bertz CT molecular complexity index is 1340. The van der Waals surface area contributed by atoms with Crippen LogP contribution in [0.1, 0.15) is 74.2 Å². The second kappa shape index (κ2) is 10.6. The van der Waals surface area contributed by atoms with Gasteiger partial charge in [0.1, 0.15) is 22.8 Å². The van der Waals surface area contributed by atoms with Crippen molar-refractivity contribution in [2.24, 2.45) is 23.5 Å². The minimum absolute atomic E-state index is 0.0173. The number of phenolic OH excluding ortho intramolecular Hbond substituents is 1. The predicted molar refractivity (Wildman–Crippen MR) is 149 cm³/mol. The molecule has 7 unspecified atom stereocenters. The maximum absolute atomic E-state index is 14.0. The van der Waals surface area contributed by atoms with E-state index in [2.05, 4.69) is 0 Å². The van der Waals surface area contributed by atoms with Gasteiger partial charge < -0.3 is 30.9 Å². The predicted octanol–water partition coefficient (Wildman–Crippen LogP) is 3.04. The number of ether oxygens (including phenoxy) is 1. The van der Waals surface area contributed by atoms with Crippen molar-refractivity contribution in [2.75, 3.05) is 14.1 Å². The quantitative estimate of drug-likeness (QED) is 0.265. The summed E-state index contributed by atoms with van der Waals surface area (Å²) in [6.45, 7) is 3.79. The molecule has 1 saturated carbocycles. The summed E-state index contributed by atoms with van der Waals surface area (Å²) in [7, 11) is 3.22. The molecule has 0 aliphatic heterocycles. The van der Waals surface area contributed by atoms with E-state index in [-0.39, 0.29) is 28.9 Å². The molecule has 41 heavy (non-hydrogen) atoms. The van der Waals surface area contributed by atoms with Gasteiger partial charge in [-0.1, -0.05) is 44.7 Å². The summed E-state index contributed by atoms with van der Waals surface area (Å²) in [6.07, 6.45) is 4.89. The number of hydrogen-bond acceptors (Lipinski definition) is 9. The first-order chi connectivity index (χ1) is 19.3. The van der Waals surface area contributed by atoms with E-state index in [1.165, 1.54) is 6.07 Å². The normalized spacial score (nSPS) is 33.3. The lowest BCUT2D eigenvalue weighted by Crippen LogP contribution is -2.69. The van der Waals surface area contributed by atoms with Crippen molar-refractivity contribution in [2.45, 2.75) is 82.1 Å². The molecule has 0 spiro atoms. The first-order valence-electron chi connectivity index (χ1n) is 14.5. The number of benzene rings is 1. The second-order valence-electron chi connectivity index (χ2n) is 12.4. The van der Waals surface area contributed by atoms with Crippen LogP contribution in [0.4, 0.5) is 0 Å². The maximum atomic E-state index is 14.0. The van der Waals surface area contributed by atoms with Gasteiger partial charge in [-0.3, -0.25) is 19.3 Å². The fourth-order valence-electron chi connectivity index (χ4n) is 7.86. The van der Waals surface area contributed by atoms with E-state index in [4.69, 9.17) is 10.5 Å². The molecule has 1 aromatic rings. The fourth-order valence-corrected chi connectivity index (χ4v) is 7.86. The first-order valence-corrected chi connectivity index (χ1v) is 14.5. The van der Waals surface area contributed by atoms with Crippen molar-refractivity contribution in [3.05, 3.63) is 52.0 Å². The van der Waals surface area contributed by atoms with Crippen LogP contribution in [0.25, 0.3) is 0 Å². The molecular formula is C31H40N2O8. The van der Waals surface area contributed by atoms with E-state index in [0.717, 1.165) is 38.5 Å². The molecule has 1 fully saturated rings. The standard InChI is InChI=1S/C31H40N2O8/c1-14-17-12-9-13-18(34)20(17)25(35)21-19(14)27(41-15(2)16-10-7-5-6-8-11-16)23-24(33(3)4)26(36)22(30(32)39)29(38)31(23,40)28(21)37/h9,12-16,19,23-24,27,34,36-37,40H,5-8,10-11H2,1-4H3,(H2,32,39). The van der Waals surface area contributed by atoms with E-state index in [9.17, 15) is 34.8 Å². The number of Topliss-reactive ketones (excluding diaryl/α,β-unsaturated/α-hetero) is 2. The third kappa shape index (κ3) is 4.30. The molecule has 4 aliphatic rings. The summed E-state index contributed by atoms with van der Waals surface area (Å²) in [5, 5.41) is 45.9. The van der Waals surface area contributed by atoms with Crippen molar-refractivity contribution in [1.82, 2.24) is 4.90 Å². The van der Waals surface area contributed by atoms with Gasteiger partial charge in [-0.05, 0) is 57.3 Å². The third-order valence-corrected chi connectivity index (χ3v) is 9.90. The number of nitrogens with two attached hydrogens (primary N) is 1. The van der Waals surface area contributed by atoms with Crippen LogP contribution in [-0.4, -0.2) is 80.7 Å². The SMILES string of the molecule is CC(OC1C2C(=C(O)C3(O)C(=O)C(C(N)=O)=C(O)C(N(C)C)C13)C(=O)c1c(O)cccc1C2C)C1CCCCCC1. The van der Waals surface area contributed by atoms with Gasteiger partial charge >= 0.3 is 0 Å². The van der Waals surface area contributed by atoms with Crippen LogP contribution in [0, 0.1) is 17.8 Å². The van der Waals surface area contributed by atoms with E-state index in [1.54, 1.807) is 31.1 Å². The van der Waals surface area contributed by atoms with Crippen molar-refractivity contribution in [3.63, 3.8) is 0 Å². The molecule has 5 rings (SSSR count). The number of likely N-dealkylation sites (N-methyl/N-ethyl adjacent to an activating group) is 1. The lowest BCUT2D eigenvalue weighted by atomic mass is 9.55. The van der Waals surface area contributed by atoms with E-state index < -0.39 is 70.1 Å². The van der Waals surface area contributed by atoms with Crippen LogP contribution >= 0.6 is 0 Å². The highest BCUT2D eigenvalue weighted by atomic mass is 16.5. The molecule has 0 bridgehead atoms. The van der Waals surface area contributed by atoms with Crippen LogP contribution < -0.4 is 5.73 Å². The van der Waals surface area contributed by atoms with Crippen LogP contribution in [0.15, 0.2) is 40.9 Å². The molecule has 0 heterocycles. The number of fused-ring (bicyclic) bond motifs is 3. The molecule has 1 aromatic carbocycles. The molecule has 7 atom stereocenters. The Labute approximate surface area is 239 Å². The molecule has 0 radical (unpaired) electrons. The monoisotopic (exact) mass is 568 g/mol. The fraction of sp³-hybridized carbons (Fsp3) is 0.581. The average molecular weight is 569 g/mol. The summed E-state index contributed by atoms with van der Waals surface area (Å²) in [6, 6.07) is 3.58. The zero-order valence-electron chi connectivity index (χ0n) is 24.0. The number of ketones is 2. The van der Waals surface area contributed by atoms with E-state index in [0.29, 0.717) is 5.56 Å². The summed E-state index contributed by atoms with van der Waals surface area (Å²) in [5.41, 5.74) is 2.17. The molecule has 0 saturated heterocycles. The number of aliphatic hydroxyl groups excluding tert-OH is 2. The first kappa shape index (κ1) is 29.3. The summed E-state index contributed by atoms with van der Waals surface area (Å²) < 4.78 is 6.83. The van der Waals surface area contributed by atoms with E-state index in [1.807, 2.05) is 13.8 Å². The van der Waals surface area contributed by atoms with Crippen molar-refractivity contribution in [3.8, 4) is 5.75 Å². The van der Waals surface area contributed by atoms with Crippen LogP contribution in [-0.2, 0) is 14.3 Å². The van der Waals surface area contributed by atoms with Crippen LogP contribution in [0.5, 0.6) is 5.75 Å². The Balaban J connectivity index is 1.76. The number of nitrogens with zero attached hydrogens (tertiary/aromatic N) is 1. The van der Waals surface area contributed by atoms with Gasteiger partial charge in [0.2, 0.25) is 5.78 Å². The Kier molecular flexibility index (Phi) is 7.55. The Hall–Kier alpha value is -3.21. The largest absolute Gasteiger partial charge is 0.510 e. The summed E-state index contributed by atoms with van der Waals surface area (Å²) >= 11 is 0. The molecule has 4 aliphatic carbocycles. The molecule has 0 aromatic heterocycles. The number of carbonyl (C=O) groups excluding carboxylic acids is 3. The molecule has 222 valence electrons. The number of hydrogen-bond donors (Lipinski definition) is 5. The van der Waals surface area contributed by atoms with Gasteiger partial charge in [0, 0.05) is 11.5 Å². The number of rotatable bonds is 5. The summed E-state index contributed by atoms with van der Waals surface area (Å²) in [5.74, 6) is -7.47. The number of amides is 1. The van der Waals surface area contributed by atoms with Gasteiger partial charge in [0.15, 0.2) is 11.4 Å². The zero-order chi connectivity index (χ0) is 30.0. The van der Waals surface area contributed by atoms with E-state index >= 15 is 0 Å². The smallest absolute Gasteiger partial charge is 0.255 e. The van der Waals surface area contributed by atoms with Gasteiger partial charge in [0.25, 0.3) is 5.91 Å². The van der Waals surface area contributed by atoms with Crippen LogP contribution in [0.3, 0.4) is 0 Å². The number of primary amides is 1. The Morgan fingerprint density at radius 3 is 2.32 bits per heavy atom. The Morgan fingerprint density at radius 2 is 1.73 bits per heavy atom. The minimum Gasteiger partial charge on any atom is -0.510 e. The van der Waals surface area contributed by atoms with Crippen molar-refractivity contribution >= 4 is 17.5 Å². The topological polar surface area (TPSA) is 171 Å². The minimum atomic E-state index is -2.79. The highest BCUT2D eigenvalue weighted by molar-refractivity contribution is 6.25. The third-order valence-electron chi connectivity index (χ3n) is 9.90. The average Bonchev–Trinajstić information content (AvgIpc) is 3.20. The second-order valence-corrected chi connectivity index (χ2v) is 12.4. The number of aliphatic hydroxyl groups is 3. The van der Waals surface area contributed by atoms with Gasteiger partial charge in [0.05, 0.1) is 29.7 Å². The maximum Gasteiger partial charge on any atom is 0.255 e. The molecule has 1 amide bonds. The Morgan fingerprint density at radius 1 is 1.10 bits per heavy atom. The van der Waals surface area contributed by atoms with Crippen molar-refractivity contribution in [1.29, 1.82) is 0 Å². The van der Waals surface area contributed by atoms with Gasteiger partial charge in [-0.15, -0.1) is 0 Å². The van der Waals surface area contributed by atoms with Crippen LogP contribution in [0.2, 0.25) is 0 Å². The zero-order valence-corrected chi connectivity index (χ0v) is 24.0. The molecule has 10 heteroatoms. The number of aromatic hydroxyl groups is 1.